The zero-order valence-corrected chi connectivity index (χ0v) is 15.8. The van der Waals surface area contributed by atoms with Gasteiger partial charge in [0.05, 0.1) is 19.8 Å². The van der Waals surface area contributed by atoms with Crippen molar-refractivity contribution in [3.63, 3.8) is 0 Å². The van der Waals surface area contributed by atoms with Crippen molar-refractivity contribution in [2.45, 2.75) is 19.3 Å². The third kappa shape index (κ3) is 4.44. The van der Waals surface area contributed by atoms with E-state index in [1.54, 1.807) is 7.11 Å². The van der Waals surface area contributed by atoms with Crippen LogP contribution in [0.3, 0.4) is 0 Å². The van der Waals surface area contributed by atoms with Crippen molar-refractivity contribution in [3.8, 4) is 17.2 Å². The van der Waals surface area contributed by atoms with Gasteiger partial charge in [-0.2, -0.15) is 5.48 Å². The maximum absolute atomic E-state index is 5.87. The molecule has 0 saturated carbocycles. The molecule has 3 aromatic carbocycles. The molecule has 0 amide bonds. The Morgan fingerprint density at radius 3 is 2.43 bits per heavy atom. The minimum Gasteiger partial charge on any atom is -0.497 e. The zero-order valence-electron chi connectivity index (χ0n) is 15.8. The number of hydrogen-bond acceptors (Lipinski definition) is 5. The number of hydrogen-bond donors (Lipinski definition) is 1. The molecule has 5 heteroatoms. The van der Waals surface area contributed by atoms with Crippen LogP contribution in [0.2, 0.25) is 0 Å². The lowest BCUT2D eigenvalue weighted by Gasteiger charge is -2.12. The van der Waals surface area contributed by atoms with Crippen LogP contribution >= 0.6 is 0 Å². The number of methoxy groups -OCH3 is 1. The molecule has 1 unspecified atom stereocenters. The van der Waals surface area contributed by atoms with Gasteiger partial charge in [-0.15, -0.1) is 0 Å². The summed E-state index contributed by atoms with van der Waals surface area (Å²) in [6, 6.07) is 23.8. The molecule has 1 aliphatic rings. The monoisotopic (exact) mass is 377 g/mol. The molecule has 1 N–H and O–H groups in total. The van der Waals surface area contributed by atoms with E-state index in [1.807, 2.05) is 72.8 Å². The van der Waals surface area contributed by atoms with Crippen molar-refractivity contribution in [2.75, 3.05) is 13.7 Å². The van der Waals surface area contributed by atoms with Gasteiger partial charge < -0.3 is 14.2 Å². The van der Waals surface area contributed by atoms with Gasteiger partial charge in [-0.1, -0.05) is 42.5 Å². The molecule has 0 spiro atoms. The first-order valence-electron chi connectivity index (χ1n) is 9.25. The third-order valence-corrected chi connectivity index (χ3v) is 4.64. The summed E-state index contributed by atoms with van der Waals surface area (Å²) in [6.45, 7) is 1.53. The third-order valence-electron chi connectivity index (χ3n) is 4.64. The maximum atomic E-state index is 5.87. The molecule has 1 atom stereocenters. The van der Waals surface area contributed by atoms with Crippen LogP contribution in [0.5, 0.6) is 17.2 Å². The van der Waals surface area contributed by atoms with E-state index in [2.05, 4.69) is 5.48 Å². The molecule has 1 heterocycles. The Morgan fingerprint density at radius 1 is 0.893 bits per heavy atom. The Bertz CT molecular complexity index is 896. The van der Waals surface area contributed by atoms with Gasteiger partial charge >= 0.3 is 0 Å². The van der Waals surface area contributed by atoms with Crippen LogP contribution in [0.25, 0.3) is 0 Å². The second kappa shape index (κ2) is 8.78. The lowest BCUT2D eigenvalue weighted by molar-refractivity contribution is -0.00106. The van der Waals surface area contributed by atoms with Crippen LogP contribution < -0.4 is 19.7 Å². The molecule has 0 aliphatic carbocycles. The molecule has 0 bridgehead atoms. The predicted molar refractivity (Wildman–Crippen MR) is 106 cm³/mol. The summed E-state index contributed by atoms with van der Waals surface area (Å²) in [4.78, 5) is 5.67. The molecule has 5 nitrogen and oxygen atoms in total. The SMILES string of the molecule is COc1ccc(CONC2COc3cc(OCc4ccccc4)ccc32)cc1. The lowest BCUT2D eigenvalue weighted by Crippen LogP contribution is -2.22. The molecule has 1 aliphatic heterocycles. The molecular formula is C23H23NO4. The quantitative estimate of drug-likeness (QED) is 0.589. The zero-order chi connectivity index (χ0) is 19.2. The number of fused-ring (bicyclic) bond motifs is 1. The molecule has 0 aromatic heterocycles. The Labute approximate surface area is 164 Å². The fourth-order valence-electron chi connectivity index (χ4n) is 3.07. The van der Waals surface area contributed by atoms with E-state index in [0.29, 0.717) is 19.8 Å². The maximum Gasteiger partial charge on any atom is 0.128 e. The fraction of sp³-hybridized carbons (Fsp3) is 0.217. The van der Waals surface area contributed by atoms with Crippen LogP contribution in [0, 0.1) is 0 Å². The van der Waals surface area contributed by atoms with Crippen LogP contribution in [0.15, 0.2) is 72.8 Å². The van der Waals surface area contributed by atoms with Crippen molar-refractivity contribution in [1.82, 2.24) is 5.48 Å². The first-order valence-corrected chi connectivity index (χ1v) is 9.25. The molecule has 0 fully saturated rings. The van der Waals surface area contributed by atoms with Crippen molar-refractivity contribution in [2.24, 2.45) is 0 Å². The smallest absolute Gasteiger partial charge is 0.128 e. The molecule has 144 valence electrons. The standard InChI is InChI=1S/C23H23NO4/c1-25-19-9-7-18(8-10-19)15-28-24-22-16-27-23-13-20(11-12-21(22)23)26-14-17-5-3-2-4-6-17/h2-13,22,24H,14-16H2,1H3. The van der Waals surface area contributed by atoms with E-state index in [1.165, 1.54) is 0 Å². The highest BCUT2D eigenvalue weighted by atomic mass is 16.6. The highest BCUT2D eigenvalue weighted by molar-refractivity contribution is 5.45. The van der Waals surface area contributed by atoms with Crippen LogP contribution in [-0.2, 0) is 18.1 Å². The second-order valence-corrected chi connectivity index (χ2v) is 6.59. The molecule has 4 rings (SSSR count). The fourth-order valence-corrected chi connectivity index (χ4v) is 3.07. The molecule has 0 saturated heterocycles. The normalized spacial score (nSPS) is 15.0. The van der Waals surface area contributed by atoms with E-state index in [-0.39, 0.29) is 6.04 Å². The number of nitrogens with one attached hydrogen (secondary N) is 1. The lowest BCUT2D eigenvalue weighted by atomic mass is 10.1. The van der Waals surface area contributed by atoms with E-state index in [0.717, 1.165) is 33.9 Å². The van der Waals surface area contributed by atoms with E-state index < -0.39 is 0 Å². The average Bonchev–Trinajstić information content (AvgIpc) is 3.16. The van der Waals surface area contributed by atoms with Gasteiger partial charge in [0.2, 0.25) is 0 Å². The van der Waals surface area contributed by atoms with Crippen LogP contribution in [0.1, 0.15) is 22.7 Å². The van der Waals surface area contributed by atoms with Gasteiger partial charge in [0.1, 0.15) is 30.5 Å². The van der Waals surface area contributed by atoms with Gasteiger partial charge in [-0.05, 0) is 35.4 Å². The molecule has 3 aromatic rings. The molecule has 28 heavy (non-hydrogen) atoms. The molecule has 0 radical (unpaired) electrons. The van der Waals surface area contributed by atoms with Crippen molar-refractivity contribution < 1.29 is 19.0 Å². The number of ether oxygens (including phenoxy) is 3. The minimum absolute atomic E-state index is 0.00331. The highest BCUT2D eigenvalue weighted by Gasteiger charge is 2.24. The van der Waals surface area contributed by atoms with Gasteiger partial charge in [0.15, 0.2) is 0 Å². The summed E-state index contributed by atoms with van der Waals surface area (Å²) >= 11 is 0. The topological polar surface area (TPSA) is 49.0 Å². The summed E-state index contributed by atoms with van der Waals surface area (Å²) in [6.07, 6.45) is 0. The predicted octanol–water partition coefficient (Wildman–Crippen LogP) is 4.43. The largest absolute Gasteiger partial charge is 0.497 e. The van der Waals surface area contributed by atoms with Crippen molar-refractivity contribution >= 4 is 0 Å². The average molecular weight is 377 g/mol. The Morgan fingerprint density at radius 2 is 1.64 bits per heavy atom. The number of benzene rings is 3. The highest BCUT2D eigenvalue weighted by Crippen LogP contribution is 2.35. The number of rotatable bonds is 8. The van der Waals surface area contributed by atoms with E-state index >= 15 is 0 Å². The first-order chi connectivity index (χ1) is 13.8. The molecular weight excluding hydrogens is 354 g/mol. The summed E-state index contributed by atoms with van der Waals surface area (Å²) in [5.41, 5.74) is 6.37. The van der Waals surface area contributed by atoms with Gasteiger partial charge in [-0.3, -0.25) is 4.84 Å². The van der Waals surface area contributed by atoms with E-state index in [9.17, 15) is 0 Å². The first kappa shape index (κ1) is 18.3. The Kier molecular flexibility index (Phi) is 5.75. The summed E-state index contributed by atoms with van der Waals surface area (Å²) in [7, 11) is 1.66. The van der Waals surface area contributed by atoms with Gasteiger partial charge in [0, 0.05) is 11.6 Å². The van der Waals surface area contributed by atoms with Crippen molar-refractivity contribution in [3.05, 3.63) is 89.5 Å². The van der Waals surface area contributed by atoms with E-state index in [4.69, 9.17) is 19.0 Å². The summed E-state index contributed by atoms with van der Waals surface area (Å²) in [5, 5.41) is 0. The van der Waals surface area contributed by atoms with Gasteiger partial charge in [-0.25, -0.2) is 0 Å². The Balaban J connectivity index is 1.30. The summed E-state index contributed by atoms with van der Waals surface area (Å²) in [5.74, 6) is 2.46. The summed E-state index contributed by atoms with van der Waals surface area (Å²) < 4.78 is 16.8. The van der Waals surface area contributed by atoms with Crippen molar-refractivity contribution in [1.29, 1.82) is 0 Å². The second-order valence-electron chi connectivity index (χ2n) is 6.59. The van der Waals surface area contributed by atoms with Crippen LogP contribution in [-0.4, -0.2) is 13.7 Å². The Hall–Kier alpha value is -3.02. The minimum atomic E-state index is -0.00331. The number of hydroxylamine groups is 1. The van der Waals surface area contributed by atoms with Gasteiger partial charge in [0.25, 0.3) is 0 Å². The van der Waals surface area contributed by atoms with Crippen LogP contribution in [0.4, 0.5) is 0 Å².